The lowest BCUT2D eigenvalue weighted by Gasteiger charge is -2.35. The summed E-state index contributed by atoms with van der Waals surface area (Å²) in [4.78, 5) is 8.71. The average Bonchev–Trinajstić information content (AvgIpc) is 3.19. The molecule has 0 amide bonds. The summed E-state index contributed by atoms with van der Waals surface area (Å²) in [7, 11) is 2.62. The van der Waals surface area contributed by atoms with Crippen molar-refractivity contribution >= 4 is 40.0 Å². The molecular weight excluding hydrogens is 519 g/mol. The van der Waals surface area contributed by atoms with Gasteiger partial charge in [0.1, 0.15) is 12.0 Å². The highest BCUT2D eigenvalue weighted by Gasteiger charge is 2.28. The second-order valence-electron chi connectivity index (χ2n) is 7.68. The number of hydrogen-bond acceptors (Lipinski definition) is 6. The molecule has 0 spiro atoms. The monoisotopic (exact) mass is 556 g/mol. The summed E-state index contributed by atoms with van der Waals surface area (Å²) in [5.41, 5.74) is 0.437. The Balaban J connectivity index is 0.00000450. The maximum absolute atomic E-state index is 12.5. The fraction of sp³-hybridized carbons (Fsp3) is 0.789. The number of piperazine rings is 1. The van der Waals surface area contributed by atoms with Crippen molar-refractivity contribution in [1.29, 1.82) is 0 Å². The van der Waals surface area contributed by atoms with Crippen LogP contribution in [-0.4, -0.2) is 94.1 Å². The Morgan fingerprint density at radius 2 is 1.83 bits per heavy atom. The minimum atomic E-state index is -3.38. The van der Waals surface area contributed by atoms with Gasteiger partial charge in [0.05, 0.1) is 5.69 Å². The molecule has 1 fully saturated rings. The van der Waals surface area contributed by atoms with Crippen molar-refractivity contribution in [3.63, 3.8) is 0 Å². The smallest absolute Gasteiger partial charge is 0.220 e. The van der Waals surface area contributed by atoms with Crippen molar-refractivity contribution in [3.05, 3.63) is 18.0 Å². The number of halogens is 1. The first-order valence-electron chi connectivity index (χ1n) is 10.4. The lowest BCUT2D eigenvalue weighted by Crippen LogP contribution is -2.54. The average molecular weight is 557 g/mol. The molecule has 0 unspecified atom stereocenters. The maximum Gasteiger partial charge on any atom is 0.220 e. The van der Waals surface area contributed by atoms with Gasteiger partial charge in [-0.1, -0.05) is 24.4 Å². The zero-order valence-electron chi connectivity index (χ0n) is 18.4. The number of aromatic nitrogens is 1. The summed E-state index contributed by atoms with van der Waals surface area (Å²) >= 11 is 0. The molecule has 1 aromatic heterocycles. The summed E-state index contributed by atoms with van der Waals surface area (Å²) in [6.45, 7) is 4.21. The van der Waals surface area contributed by atoms with Crippen LogP contribution in [0.4, 0.5) is 0 Å². The highest BCUT2D eigenvalue weighted by Crippen LogP contribution is 2.13. The van der Waals surface area contributed by atoms with Crippen molar-refractivity contribution in [3.8, 4) is 0 Å². The van der Waals surface area contributed by atoms with Gasteiger partial charge >= 0.3 is 0 Å². The molecule has 0 saturated carbocycles. The van der Waals surface area contributed by atoms with E-state index in [4.69, 9.17) is 4.52 Å². The fourth-order valence-corrected chi connectivity index (χ4v) is 4.81. The van der Waals surface area contributed by atoms with Crippen LogP contribution in [-0.2, 0) is 15.8 Å². The molecule has 1 saturated heterocycles. The molecule has 0 bridgehead atoms. The van der Waals surface area contributed by atoms with E-state index in [9.17, 15) is 8.42 Å². The molecule has 0 atom stereocenters. The maximum atomic E-state index is 12.5. The van der Waals surface area contributed by atoms with Crippen LogP contribution in [0.5, 0.6) is 0 Å². The number of rotatable bonds is 11. The largest absolute Gasteiger partial charge is 0.364 e. The van der Waals surface area contributed by atoms with Gasteiger partial charge in [-0.05, 0) is 33.5 Å². The summed E-state index contributed by atoms with van der Waals surface area (Å²) < 4.78 is 31.3. The van der Waals surface area contributed by atoms with Gasteiger partial charge in [0, 0.05) is 45.8 Å². The Kier molecular flexibility index (Phi) is 12.8. The fourth-order valence-electron chi connectivity index (χ4n) is 3.38. The second-order valence-corrected chi connectivity index (χ2v) is 9.65. The van der Waals surface area contributed by atoms with Crippen LogP contribution in [0.2, 0.25) is 0 Å². The number of nitrogens with one attached hydrogen (secondary N) is 1. The van der Waals surface area contributed by atoms with E-state index in [1.807, 2.05) is 0 Å². The molecule has 1 aliphatic heterocycles. The first kappa shape index (κ1) is 27.1. The molecule has 30 heavy (non-hydrogen) atoms. The number of hydrogen-bond donors (Lipinski definition) is 1. The van der Waals surface area contributed by atoms with E-state index in [1.54, 1.807) is 13.1 Å². The zero-order chi connectivity index (χ0) is 21.1. The highest BCUT2D eigenvalue weighted by atomic mass is 127. The predicted molar refractivity (Wildman–Crippen MR) is 131 cm³/mol. The van der Waals surface area contributed by atoms with Gasteiger partial charge in [-0.25, -0.2) is 8.42 Å². The van der Waals surface area contributed by atoms with Crippen molar-refractivity contribution in [1.82, 2.24) is 24.6 Å². The lowest BCUT2D eigenvalue weighted by atomic mass is 10.1. The Labute approximate surface area is 198 Å². The lowest BCUT2D eigenvalue weighted by molar-refractivity contribution is 0.259. The van der Waals surface area contributed by atoms with Gasteiger partial charge in [0.15, 0.2) is 5.96 Å². The van der Waals surface area contributed by atoms with Gasteiger partial charge < -0.3 is 19.6 Å². The van der Waals surface area contributed by atoms with Gasteiger partial charge in [-0.15, -0.1) is 24.0 Å². The molecule has 11 heteroatoms. The first-order chi connectivity index (χ1) is 13.9. The minimum Gasteiger partial charge on any atom is -0.364 e. The summed E-state index contributed by atoms with van der Waals surface area (Å²) in [5, 5.41) is 7.12. The van der Waals surface area contributed by atoms with Crippen LogP contribution in [0.15, 0.2) is 21.8 Å². The molecule has 2 heterocycles. The number of unbranched alkanes of at least 4 members (excludes halogenated alkanes) is 4. The molecule has 0 radical (unpaired) electrons. The van der Waals surface area contributed by atoms with Crippen molar-refractivity contribution in [2.45, 2.75) is 37.9 Å². The molecule has 174 valence electrons. The Hall–Kier alpha value is -0.920. The number of nitrogens with zero attached hydrogens (tertiary/aromatic N) is 5. The Bertz CT molecular complexity index is 704. The number of aliphatic imine (C=N–C) groups is 1. The van der Waals surface area contributed by atoms with Crippen LogP contribution in [0.25, 0.3) is 0 Å². The van der Waals surface area contributed by atoms with Crippen LogP contribution >= 0.6 is 24.0 Å². The van der Waals surface area contributed by atoms with Crippen LogP contribution < -0.4 is 5.32 Å². The van der Waals surface area contributed by atoms with E-state index < -0.39 is 10.0 Å². The molecular formula is C19H37IN6O3S. The molecule has 1 aromatic rings. The number of guanidine groups is 1. The van der Waals surface area contributed by atoms with Crippen molar-refractivity contribution in [2.24, 2.45) is 4.99 Å². The van der Waals surface area contributed by atoms with Gasteiger partial charge in [0.25, 0.3) is 0 Å². The molecule has 0 aliphatic carbocycles. The van der Waals surface area contributed by atoms with E-state index in [1.165, 1.54) is 36.3 Å². The third-order valence-corrected chi connectivity index (χ3v) is 6.84. The van der Waals surface area contributed by atoms with Crippen molar-refractivity contribution in [2.75, 3.05) is 60.4 Å². The van der Waals surface area contributed by atoms with Crippen LogP contribution in [0.1, 0.15) is 37.8 Å². The SMILES string of the molecule is CN=C(NCCCCCCCN(C)C)N1CCN(S(=O)(=O)Cc2ccon2)CC1.I. The topological polar surface area (TPSA) is 94.3 Å². The molecule has 9 nitrogen and oxygen atoms in total. The minimum absolute atomic E-state index is 0. The van der Waals surface area contributed by atoms with Crippen molar-refractivity contribution < 1.29 is 12.9 Å². The van der Waals surface area contributed by atoms with Gasteiger partial charge in [-0.3, -0.25) is 4.99 Å². The standard InChI is InChI=1S/C19H36N6O3S.HI/c1-20-19(21-10-7-5-4-6-8-11-23(2)3)24-12-14-25(15-13-24)29(26,27)17-18-9-16-28-22-18;/h9,16H,4-8,10-15,17H2,1-3H3,(H,20,21);1H. The predicted octanol–water partition coefficient (Wildman–Crippen LogP) is 1.83. The number of sulfonamides is 1. The first-order valence-corrected chi connectivity index (χ1v) is 12.0. The molecule has 0 aromatic carbocycles. The zero-order valence-corrected chi connectivity index (χ0v) is 21.6. The van der Waals surface area contributed by atoms with Crippen LogP contribution in [0.3, 0.4) is 0 Å². The Morgan fingerprint density at radius 1 is 1.17 bits per heavy atom. The summed E-state index contributed by atoms with van der Waals surface area (Å²) in [5.74, 6) is 0.733. The van der Waals surface area contributed by atoms with Gasteiger partial charge in [0.2, 0.25) is 10.0 Å². The van der Waals surface area contributed by atoms with E-state index in [2.05, 4.69) is 39.4 Å². The third-order valence-electron chi connectivity index (χ3n) is 5.03. The normalized spacial score (nSPS) is 16.0. The summed E-state index contributed by atoms with van der Waals surface area (Å²) in [6.07, 6.45) is 7.51. The summed E-state index contributed by atoms with van der Waals surface area (Å²) in [6, 6.07) is 1.59. The molecule has 1 N–H and O–H groups in total. The third kappa shape index (κ3) is 9.48. The quantitative estimate of drug-likeness (QED) is 0.192. The van der Waals surface area contributed by atoms with E-state index >= 15 is 0 Å². The van der Waals surface area contributed by atoms with E-state index in [0.29, 0.717) is 31.9 Å². The Morgan fingerprint density at radius 3 is 2.43 bits per heavy atom. The van der Waals surface area contributed by atoms with Crippen LogP contribution in [0, 0.1) is 0 Å². The molecule has 1 aliphatic rings. The molecule has 2 rings (SSSR count). The van der Waals surface area contributed by atoms with E-state index in [-0.39, 0.29) is 29.7 Å². The second kappa shape index (κ2) is 14.2. The van der Waals surface area contributed by atoms with Gasteiger partial charge in [-0.2, -0.15) is 4.31 Å². The van der Waals surface area contributed by atoms with E-state index in [0.717, 1.165) is 25.5 Å². The highest BCUT2D eigenvalue weighted by molar-refractivity contribution is 14.0.